The van der Waals surface area contributed by atoms with E-state index < -0.39 is 11.6 Å². The fourth-order valence-corrected chi connectivity index (χ4v) is 1.11. The number of esters is 1. The SMILES string of the molecule is CCC(=O)NNC(C(=O)OC(C)(C)C)C(C)C. The average Bonchev–Trinajstić information content (AvgIpc) is 2.14. The minimum atomic E-state index is -0.537. The van der Waals surface area contributed by atoms with Gasteiger partial charge in [-0.15, -0.1) is 0 Å². The summed E-state index contributed by atoms with van der Waals surface area (Å²) in [7, 11) is 0. The lowest BCUT2D eigenvalue weighted by molar-refractivity contribution is -0.159. The molecule has 0 bridgehead atoms. The molecule has 17 heavy (non-hydrogen) atoms. The monoisotopic (exact) mass is 244 g/mol. The minimum absolute atomic E-state index is 0.0296. The van der Waals surface area contributed by atoms with Crippen molar-refractivity contribution in [2.75, 3.05) is 0 Å². The van der Waals surface area contributed by atoms with E-state index in [-0.39, 0.29) is 17.8 Å². The van der Waals surface area contributed by atoms with Gasteiger partial charge in [0.1, 0.15) is 11.6 Å². The van der Waals surface area contributed by atoms with Gasteiger partial charge >= 0.3 is 5.97 Å². The summed E-state index contributed by atoms with van der Waals surface area (Å²) in [5.74, 6) is -0.481. The summed E-state index contributed by atoms with van der Waals surface area (Å²) in [6, 6.07) is -0.537. The first-order valence-corrected chi connectivity index (χ1v) is 5.94. The third-order valence-corrected chi connectivity index (χ3v) is 2.02. The highest BCUT2D eigenvalue weighted by molar-refractivity contribution is 5.78. The Hall–Kier alpha value is -1.10. The molecule has 5 heteroatoms. The Labute approximate surface area is 103 Å². The lowest BCUT2D eigenvalue weighted by Crippen LogP contribution is -2.52. The molecule has 0 aromatic rings. The van der Waals surface area contributed by atoms with Gasteiger partial charge in [-0.05, 0) is 26.7 Å². The van der Waals surface area contributed by atoms with Crippen LogP contribution in [0.1, 0.15) is 48.0 Å². The number of rotatable bonds is 5. The van der Waals surface area contributed by atoms with E-state index in [2.05, 4.69) is 10.9 Å². The maximum atomic E-state index is 11.9. The Kier molecular flexibility index (Phi) is 6.16. The van der Waals surface area contributed by atoms with Gasteiger partial charge in [-0.1, -0.05) is 20.8 Å². The Morgan fingerprint density at radius 2 is 1.76 bits per heavy atom. The van der Waals surface area contributed by atoms with Gasteiger partial charge in [0.25, 0.3) is 0 Å². The fourth-order valence-electron chi connectivity index (χ4n) is 1.11. The molecule has 100 valence electrons. The van der Waals surface area contributed by atoms with Crippen LogP contribution < -0.4 is 10.9 Å². The van der Waals surface area contributed by atoms with Crippen molar-refractivity contribution in [2.45, 2.75) is 59.6 Å². The highest BCUT2D eigenvalue weighted by atomic mass is 16.6. The maximum Gasteiger partial charge on any atom is 0.325 e. The first-order chi connectivity index (χ1) is 7.67. The molecule has 0 saturated heterocycles. The molecule has 5 nitrogen and oxygen atoms in total. The van der Waals surface area contributed by atoms with Crippen LogP contribution in [-0.2, 0) is 14.3 Å². The van der Waals surface area contributed by atoms with Crippen molar-refractivity contribution in [1.29, 1.82) is 0 Å². The van der Waals surface area contributed by atoms with Crippen LogP contribution in [-0.4, -0.2) is 23.5 Å². The van der Waals surface area contributed by atoms with Crippen molar-refractivity contribution in [2.24, 2.45) is 5.92 Å². The second-order valence-electron chi connectivity index (χ2n) is 5.30. The minimum Gasteiger partial charge on any atom is -0.459 e. The first-order valence-electron chi connectivity index (χ1n) is 5.94. The molecule has 0 aromatic heterocycles. The molecular weight excluding hydrogens is 220 g/mol. The van der Waals surface area contributed by atoms with E-state index in [0.29, 0.717) is 6.42 Å². The van der Waals surface area contributed by atoms with Crippen molar-refractivity contribution >= 4 is 11.9 Å². The number of nitrogens with one attached hydrogen (secondary N) is 2. The van der Waals surface area contributed by atoms with Crippen LogP contribution in [0.15, 0.2) is 0 Å². The van der Waals surface area contributed by atoms with Crippen LogP contribution in [0.4, 0.5) is 0 Å². The fraction of sp³-hybridized carbons (Fsp3) is 0.833. The zero-order valence-corrected chi connectivity index (χ0v) is 11.6. The molecule has 0 fully saturated rings. The average molecular weight is 244 g/mol. The van der Waals surface area contributed by atoms with E-state index in [1.807, 2.05) is 34.6 Å². The number of amides is 1. The second-order valence-corrected chi connectivity index (χ2v) is 5.30. The molecule has 0 aliphatic carbocycles. The molecule has 1 atom stereocenters. The third kappa shape index (κ3) is 6.94. The Balaban J connectivity index is 4.42. The first kappa shape index (κ1) is 15.9. The predicted molar refractivity (Wildman–Crippen MR) is 66.0 cm³/mol. The molecule has 1 unspecified atom stereocenters. The molecule has 0 spiro atoms. The highest BCUT2D eigenvalue weighted by Gasteiger charge is 2.27. The summed E-state index contributed by atoms with van der Waals surface area (Å²) in [4.78, 5) is 23.0. The van der Waals surface area contributed by atoms with Crippen LogP contribution in [0.3, 0.4) is 0 Å². The molecule has 0 saturated carbocycles. The van der Waals surface area contributed by atoms with Gasteiger partial charge in [-0.3, -0.25) is 15.0 Å². The van der Waals surface area contributed by atoms with Crippen LogP contribution in [0, 0.1) is 5.92 Å². The Morgan fingerprint density at radius 1 is 1.24 bits per heavy atom. The summed E-state index contributed by atoms with van der Waals surface area (Å²) in [5.41, 5.74) is 4.68. The normalized spacial score (nSPS) is 13.4. The van der Waals surface area contributed by atoms with E-state index >= 15 is 0 Å². The van der Waals surface area contributed by atoms with E-state index in [9.17, 15) is 9.59 Å². The summed E-state index contributed by atoms with van der Waals surface area (Å²) < 4.78 is 5.27. The van der Waals surface area contributed by atoms with Gasteiger partial charge in [-0.2, -0.15) is 0 Å². The molecule has 0 heterocycles. The topological polar surface area (TPSA) is 67.4 Å². The van der Waals surface area contributed by atoms with Crippen LogP contribution in [0.5, 0.6) is 0 Å². The summed E-state index contributed by atoms with van der Waals surface area (Å²) in [5, 5.41) is 0. The second kappa shape index (κ2) is 6.59. The largest absolute Gasteiger partial charge is 0.459 e. The number of hydrogen-bond acceptors (Lipinski definition) is 4. The summed E-state index contributed by atoms with van der Waals surface area (Å²) in [6.07, 6.45) is 0.367. The zero-order valence-electron chi connectivity index (χ0n) is 11.6. The number of carbonyl (C=O) groups excluding carboxylic acids is 2. The van der Waals surface area contributed by atoms with Crippen molar-refractivity contribution in [1.82, 2.24) is 10.9 Å². The molecule has 0 radical (unpaired) electrons. The van der Waals surface area contributed by atoms with Crippen molar-refractivity contribution < 1.29 is 14.3 Å². The number of hydrogen-bond donors (Lipinski definition) is 2. The quantitative estimate of drug-likeness (QED) is 0.566. The molecule has 0 aliphatic rings. The standard InChI is InChI=1S/C12H24N2O3/c1-7-9(15)13-14-10(8(2)3)11(16)17-12(4,5)6/h8,10,14H,7H2,1-6H3,(H,13,15). The molecule has 0 aliphatic heterocycles. The van der Waals surface area contributed by atoms with E-state index in [1.54, 1.807) is 6.92 Å². The Morgan fingerprint density at radius 3 is 2.12 bits per heavy atom. The van der Waals surface area contributed by atoms with Crippen molar-refractivity contribution in [3.63, 3.8) is 0 Å². The number of carbonyl (C=O) groups is 2. The van der Waals surface area contributed by atoms with Crippen LogP contribution in [0.25, 0.3) is 0 Å². The lowest BCUT2D eigenvalue weighted by Gasteiger charge is -2.26. The van der Waals surface area contributed by atoms with Gasteiger partial charge in [0.2, 0.25) is 5.91 Å². The summed E-state index contributed by atoms with van der Waals surface area (Å²) >= 11 is 0. The predicted octanol–water partition coefficient (Wildman–Crippen LogP) is 1.38. The molecule has 0 aromatic carbocycles. The molecule has 2 N–H and O–H groups in total. The van der Waals surface area contributed by atoms with Gasteiger partial charge in [0, 0.05) is 6.42 Å². The maximum absolute atomic E-state index is 11.9. The smallest absolute Gasteiger partial charge is 0.325 e. The van der Waals surface area contributed by atoms with Crippen LogP contribution >= 0.6 is 0 Å². The van der Waals surface area contributed by atoms with Gasteiger partial charge < -0.3 is 4.74 Å². The van der Waals surface area contributed by atoms with Gasteiger partial charge in [0.05, 0.1) is 0 Å². The van der Waals surface area contributed by atoms with Crippen molar-refractivity contribution in [3.8, 4) is 0 Å². The van der Waals surface area contributed by atoms with Gasteiger partial charge in [-0.25, -0.2) is 5.43 Å². The summed E-state index contributed by atoms with van der Waals surface area (Å²) in [6.45, 7) is 11.0. The number of hydrazine groups is 1. The third-order valence-electron chi connectivity index (χ3n) is 2.02. The highest BCUT2D eigenvalue weighted by Crippen LogP contribution is 2.11. The lowest BCUT2D eigenvalue weighted by atomic mass is 10.1. The molecular formula is C12H24N2O3. The van der Waals surface area contributed by atoms with E-state index in [1.165, 1.54) is 0 Å². The van der Waals surface area contributed by atoms with Crippen LogP contribution in [0.2, 0.25) is 0 Å². The molecule has 0 rings (SSSR count). The van der Waals surface area contributed by atoms with E-state index in [0.717, 1.165) is 0 Å². The number of ether oxygens (including phenoxy) is 1. The van der Waals surface area contributed by atoms with Gasteiger partial charge in [0.15, 0.2) is 0 Å². The molecule has 1 amide bonds. The van der Waals surface area contributed by atoms with E-state index in [4.69, 9.17) is 4.74 Å². The zero-order chi connectivity index (χ0) is 13.6. The Bertz CT molecular complexity index is 269. The van der Waals surface area contributed by atoms with Crippen molar-refractivity contribution in [3.05, 3.63) is 0 Å².